The Morgan fingerprint density at radius 2 is 2.06 bits per heavy atom. The van der Waals surface area contributed by atoms with Crippen LogP contribution in [0, 0.1) is 5.82 Å². The molecule has 13 heteroatoms. The Kier molecular flexibility index (Phi) is 7.54. The number of amides is 2. The largest absolute Gasteiger partial charge is 0.490 e. The molecule has 0 radical (unpaired) electrons. The van der Waals surface area contributed by atoms with Gasteiger partial charge in [-0.25, -0.2) is 9.07 Å². The Labute approximate surface area is 201 Å². The molecule has 10 nitrogen and oxygen atoms in total. The summed E-state index contributed by atoms with van der Waals surface area (Å²) in [5.74, 6) is -0.0222. The van der Waals surface area contributed by atoms with Gasteiger partial charge in [0.15, 0.2) is 15.8 Å². The molecule has 0 fully saturated rings. The number of rotatable bonds is 10. The number of hydrogen-bond donors (Lipinski definition) is 2. The predicted molar refractivity (Wildman–Crippen MR) is 124 cm³/mol. The number of aromatic nitrogens is 4. The van der Waals surface area contributed by atoms with Gasteiger partial charge in [0.1, 0.15) is 11.6 Å². The first-order valence-corrected chi connectivity index (χ1v) is 11.9. The highest BCUT2D eigenvalue weighted by atomic mass is 32.2. The summed E-state index contributed by atoms with van der Waals surface area (Å²) < 4.78 is 25.9. The van der Waals surface area contributed by atoms with Gasteiger partial charge in [0.05, 0.1) is 37.1 Å². The first-order valence-electron chi connectivity index (χ1n) is 10.1. The Morgan fingerprint density at radius 1 is 1.24 bits per heavy atom. The van der Waals surface area contributed by atoms with E-state index >= 15 is 0 Å². The molecule has 0 aliphatic heterocycles. The van der Waals surface area contributed by atoms with Crippen molar-refractivity contribution >= 4 is 40.0 Å². The fourth-order valence-corrected chi connectivity index (χ4v) is 4.33. The lowest BCUT2D eigenvalue weighted by Crippen LogP contribution is -2.24. The smallest absolute Gasteiger partial charge is 0.281 e. The average molecular weight is 503 g/mol. The van der Waals surface area contributed by atoms with E-state index in [2.05, 4.69) is 25.9 Å². The minimum absolute atomic E-state index is 0.0490. The van der Waals surface area contributed by atoms with Crippen LogP contribution in [0.4, 0.5) is 9.52 Å². The number of thioether (sulfide) groups is 1. The fourth-order valence-electron chi connectivity index (χ4n) is 2.75. The third kappa shape index (κ3) is 5.99. The molecule has 4 aromatic rings. The second-order valence-electron chi connectivity index (χ2n) is 6.67. The van der Waals surface area contributed by atoms with Gasteiger partial charge < -0.3 is 14.5 Å². The second-order valence-corrected chi connectivity index (χ2v) is 8.87. The highest BCUT2D eigenvalue weighted by Gasteiger charge is 2.21. The Bertz CT molecular complexity index is 1260. The van der Waals surface area contributed by atoms with Gasteiger partial charge in [-0.2, -0.15) is 5.10 Å². The van der Waals surface area contributed by atoms with Gasteiger partial charge in [0, 0.05) is 0 Å². The van der Waals surface area contributed by atoms with Crippen LogP contribution in [-0.2, 0) is 11.3 Å². The lowest BCUT2D eigenvalue weighted by Gasteiger charge is -2.02. The van der Waals surface area contributed by atoms with Crippen molar-refractivity contribution < 1.29 is 23.1 Å². The maximum absolute atomic E-state index is 13.2. The molecular weight excluding hydrogens is 483 g/mol. The van der Waals surface area contributed by atoms with E-state index in [-0.39, 0.29) is 34.1 Å². The Hall–Kier alpha value is -3.71. The minimum atomic E-state index is -0.534. The number of anilines is 1. The van der Waals surface area contributed by atoms with Gasteiger partial charge in [0.25, 0.3) is 5.91 Å². The van der Waals surface area contributed by atoms with Crippen LogP contribution in [0.3, 0.4) is 0 Å². The van der Waals surface area contributed by atoms with Crippen molar-refractivity contribution in [1.82, 2.24) is 25.3 Å². The number of nitrogens with one attached hydrogen (secondary N) is 2. The summed E-state index contributed by atoms with van der Waals surface area (Å²) >= 11 is 2.33. The van der Waals surface area contributed by atoms with Crippen LogP contribution in [0.25, 0.3) is 5.69 Å². The van der Waals surface area contributed by atoms with E-state index in [1.165, 1.54) is 34.8 Å². The van der Waals surface area contributed by atoms with Gasteiger partial charge >= 0.3 is 0 Å². The molecule has 176 valence electrons. The molecule has 0 atom stereocenters. The van der Waals surface area contributed by atoms with E-state index in [4.69, 9.17) is 9.15 Å². The molecule has 3 aromatic heterocycles. The highest BCUT2D eigenvalue weighted by molar-refractivity contribution is 8.01. The monoisotopic (exact) mass is 502 g/mol. The number of benzene rings is 1. The topological polar surface area (TPSA) is 124 Å². The molecule has 34 heavy (non-hydrogen) atoms. The predicted octanol–water partition coefficient (Wildman–Crippen LogP) is 3.52. The summed E-state index contributed by atoms with van der Waals surface area (Å²) in [6.07, 6.45) is 3.09. The van der Waals surface area contributed by atoms with Crippen molar-refractivity contribution in [2.75, 3.05) is 17.7 Å². The molecular formula is C21H19FN6O4S2. The molecule has 0 saturated carbocycles. The standard InChI is InChI=1S/C21H19FN6O4S2/c1-2-31-16-11-28(14-7-5-13(22)6-8-14)27-18(16)19(30)24-20-25-26-21(34-20)33-12-17(29)23-10-15-4-3-9-32-15/h3-9,11H,2,10,12H2,1H3,(H,23,29)(H,24,25,30). The van der Waals surface area contributed by atoms with E-state index in [0.717, 1.165) is 11.3 Å². The number of halogens is 1. The van der Waals surface area contributed by atoms with E-state index in [1.54, 1.807) is 37.4 Å². The highest BCUT2D eigenvalue weighted by Crippen LogP contribution is 2.27. The van der Waals surface area contributed by atoms with Crippen molar-refractivity contribution in [3.8, 4) is 11.4 Å². The van der Waals surface area contributed by atoms with Crippen LogP contribution < -0.4 is 15.4 Å². The molecule has 4 rings (SSSR count). The van der Waals surface area contributed by atoms with Crippen molar-refractivity contribution in [2.45, 2.75) is 17.8 Å². The molecule has 2 N–H and O–H groups in total. The summed E-state index contributed by atoms with van der Waals surface area (Å²) in [6, 6.07) is 9.20. The first kappa shape index (κ1) is 23.4. The number of carbonyl (C=O) groups is 2. The molecule has 0 saturated heterocycles. The van der Waals surface area contributed by atoms with Crippen molar-refractivity contribution in [3.05, 3.63) is 66.1 Å². The molecule has 0 unspecified atom stereocenters. The fraction of sp³-hybridized carbons (Fsp3) is 0.190. The quantitative estimate of drug-likeness (QED) is 0.249. The van der Waals surface area contributed by atoms with Crippen molar-refractivity contribution in [1.29, 1.82) is 0 Å². The second kappa shape index (κ2) is 10.9. The summed E-state index contributed by atoms with van der Waals surface area (Å²) in [5.41, 5.74) is 0.620. The number of ether oxygens (including phenoxy) is 1. The number of hydrogen-bond acceptors (Lipinski definition) is 9. The lowest BCUT2D eigenvalue weighted by atomic mass is 10.3. The zero-order valence-electron chi connectivity index (χ0n) is 17.9. The van der Waals surface area contributed by atoms with Gasteiger partial charge in [0.2, 0.25) is 11.0 Å². The van der Waals surface area contributed by atoms with E-state index in [0.29, 0.717) is 28.9 Å². The maximum atomic E-state index is 13.2. The molecule has 0 bridgehead atoms. The number of carbonyl (C=O) groups excluding carboxylic acids is 2. The van der Waals surface area contributed by atoms with E-state index in [1.807, 2.05) is 0 Å². The molecule has 0 aliphatic rings. The van der Waals surface area contributed by atoms with Gasteiger partial charge in [-0.1, -0.05) is 23.1 Å². The SMILES string of the molecule is CCOc1cn(-c2ccc(F)cc2)nc1C(=O)Nc1nnc(SCC(=O)NCc2ccco2)s1. The van der Waals surface area contributed by atoms with Gasteiger partial charge in [-0.3, -0.25) is 14.9 Å². The average Bonchev–Trinajstić information content (AvgIpc) is 3.58. The van der Waals surface area contributed by atoms with E-state index in [9.17, 15) is 14.0 Å². The number of furan rings is 1. The summed E-state index contributed by atoms with van der Waals surface area (Å²) in [4.78, 5) is 24.8. The van der Waals surface area contributed by atoms with E-state index < -0.39 is 5.91 Å². The first-order chi connectivity index (χ1) is 16.5. The Balaban J connectivity index is 1.36. The zero-order chi connectivity index (χ0) is 23.9. The third-order valence-corrected chi connectivity index (χ3v) is 6.25. The summed E-state index contributed by atoms with van der Waals surface area (Å²) in [5, 5.41) is 17.9. The van der Waals surface area contributed by atoms with Crippen LogP contribution in [0.15, 0.2) is 57.6 Å². The number of nitrogens with zero attached hydrogens (tertiary/aromatic N) is 4. The van der Waals surface area contributed by atoms with Crippen molar-refractivity contribution in [3.63, 3.8) is 0 Å². The minimum Gasteiger partial charge on any atom is -0.490 e. The Morgan fingerprint density at radius 3 is 2.79 bits per heavy atom. The molecule has 2 amide bonds. The van der Waals surface area contributed by atoms with Crippen LogP contribution >= 0.6 is 23.1 Å². The van der Waals surface area contributed by atoms with Crippen LogP contribution in [-0.4, -0.2) is 44.2 Å². The molecule has 0 aliphatic carbocycles. The summed E-state index contributed by atoms with van der Waals surface area (Å²) in [6.45, 7) is 2.42. The zero-order valence-corrected chi connectivity index (χ0v) is 19.5. The molecule has 0 spiro atoms. The maximum Gasteiger partial charge on any atom is 0.281 e. The van der Waals surface area contributed by atoms with Crippen LogP contribution in [0.5, 0.6) is 5.75 Å². The molecule has 3 heterocycles. The van der Waals surface area contributed by atoms with Gasteiger partial charge in [-0.15, -0.1) is 10.2 Å². The third-order valence-electron chi connectivity index (χ3n) is 4.28. The van der Waals surface area contributed by atoms with Crippen molar-refractivity contribution in [2.24, 2.45) is 0 Å². The molecule has 1 aromatic carbocycles. The van der Waals surface area contributed by atoms with Crippen LogP contribution in [0.1, 0.15) is 23.2 Å². The summed E-state index contributed by atoms with van der Waals surface area (Å²) in [7, 11) is 0. The van der Waals surface area contributed by atoms with Crippen LogP contribution in [0.2, 0.25) is 0 Å². The normalized spacial score (nSPS) is 10.8. The lowest BCUT2D eigenvalue weighted by molar-refractivity contribution is -0.118. The van der Waals surface area contributed by atoms with Gasteiger partial charge in [-0.05, 0) is 43.3 Å².